The lowest BCUT2D eigenvalue weighted by molar-refractivity contribution is 0.270. The van der Waals surface area contributed by atoms with Gasteiger partial charge < -0.3 is 9.80 Å². The van der Waals surface area contributed by atoms with E-state index in [0.29, 0.717) is 0 Å². The van der Waals surface area contributed by atoms with Crippen molar-refractivity contribution in [2.24, 2.45) is 0 Å². The highest BCUT2D eigenvalue weighted by molar-refractivity contribution is 7.08. The van der Waals surface area contributed by atoms with Gasteiger partial charge in [0.1, 0.15) is 0 Å². The average Bonchev–Trinajstić information content (AvgIpc) is 3.36. The van der Waals surface area contributed by atoms with Gasteiger partial charge in [0.05, 0.1) is 0 Å². The summed E-state index contributed by atoms with van der Waals surface area (Å²) in [6, 6.07) is 11.2. The summed E-state index contributed by atoms with van der Waals surface area (Å²) < 4.78 is 0. The molecule has 0 spiro atoms. The third-order valence-corrected chi connectivity index (χ3v) is 6.10. The summed E-state index contributed by atoms with van der Waals surface area (Å²) in [5.41, 5.74) is 5.26. The predicted octanol–water partition coefficient (Wildman–Crippen LogP) is 4.15. The lowest BCUT2D eigenvalue weighted by Gasteiger charge is -2.39. The van der Waals surface area contributed by atoms with Gasteiger partial charge >= 0.3 is 0 Å². The Morgan fingerprint density at radius 1 is 0.880 bits per heavy atom. The number of hydrogen-bond acceptors (Lipinski definition) is 4. The highest BCUT2D eigenvalue weighted by Gasteiger charge is 2.20. The number of hydrogen-bond donors (Lipinski definition) is 0. The Kier molecular flexibility index (Phi) is 5.09. The Morgan fingerprint density at radius 3 is 2.24 bits per heavy atom. The monoisotopic (exact) mass is 353 g/mol. The van der Waals surface area contributed by atoms with E-state index in [0.717, 1.165) is 32.7 Å². The smallest absolute Gasteiger partial charge is 0.0377 e. The van der Waals surface area contributed by atoms with Gasteiger partial charge in [0.15, 0.2) is 0 Å². The maximum Gasteiger partial charge on any atom is 0.0377 e. The molecule has 0 aliphatic carbocycles. The van der Waals surface area contributed by atoms with Gasteiger partial charge in [-0.25, -0.2) is 0 Å². The summed E-state index contributed by atoms with van der Waals surface area (Å²) in [7, 11) is 0. The van der Waals surface area contributed by atoms with Crippen molar-refractivity contribution in [1.29, 1.82) is 0 Å². The second-order valence-electron chi connectivity index (χ2n) is 7.08. The number of nitrogens with zero attached hydrogens (tertiary/aromatic N) is 3. The van der Waals surface area contributed by atoms with Crippen LogP contribution in [0.15, 0.2) is 53.4 Å². The maximum atomic E-state index is 4.35. The van der Waals surface area contributed by atoms with E-state index in [9.17, 15) is 0 Å². The molecule has 0 N–H and O–H groups in total. The zero-order chi connectivity index (χ0) is 17.1. The molecule has 3 nitrogen and oxygen atoms in total. The quantitative estimate of drug-likeness (QED) is 0.800. The van der Waals surface area contributed by atoms with Gasteiger partial charge in [0, 0.05) is 44.1 Å². The van der Waals surface area contributed by atoms with Crippen molar-refractivity contribution in [3.8, 4) is 11.1 Å². The molecule has 2 saturated heterocycles. The van der Waals surface area contributed by atoms with Crippen molar-refractivity contribution in [1.82, 2.24) is 9.80 Å². The fourth-order valence-corrected chi connectivity index (χ4v) is 4.54. The molecule has 132 valence electrons. The highest BCUT2D eigenvalue weighted by atomic mass is 32.1. The van der Waals surface area contributed by atoms with Crippen molar-refractivity contribution >= 4 is 17.0 Å². The molecule has 4 heteroatoms. The number of piperazine rings is 1. The summed E-state index contributed by atoms with van der Waals surface area (Å²) in [6.45, 7) is 12.2. The van der Waals surface area contributed by atoms with E-state index in [2.05, 4.69) is 62.4 Å². The normalized spacial score (nSPS) is 18.7. The van der Waals surface area contributed by atoms with Crippen molar-refractivity contribution in [3.63, 3.8) is 0 Å². The summed E-state index contributed by atoms with van der Waals surface area (Å²) in [5.74, 6) is 0. The highest BCUT2D eigenvalue weighted by Crippen LogP contribution is 2.26. The molecule has 1 aromatic heterocycles. The summed E-state index contributed by atoms with van der Waals surface area (Å²) in [6.07, 6.45) is 2.70. The molecule has 2 aliphatic rings. The molecule has 2 fully saturated rings. The minimum absolute atomic E-state index is 1.05. The fourth-order valence-electron chi connectivity index (χ4n) is 3.87. The largest absolute Gasteiger partial charge is 0.371 e. The predicted molar refractivity (Wildman–Crippen MR) is 108 cm³/mol. The van der Waals surface area contributed by atoms with E-state index in [1.165, 1.54) is 48.4 Å². The molecular weight excluding hydrogens is 326 g/mol. The lowest BCUT2D eigenvalue weighted by atomic mass is 10.1. The van der Waals surface area contributed by atoms with Gasteiger partial charge in [0.25, 0.3) is 0 Å². The van der Waals surface area contributed by atoms with Crippen LogP contribution in [0.3, 0.4) is 0 Å². The van der Waals surface area contributed by atoms with Gasteiger partial charge in [-0.1, -0.05) is 18.7 Å². The van der Waals surface area contributed by atoms with E-state index >= 15 is 0 Å². The zero-order valence-electron chi connectivity index (χ0n) is 14.9. The molecule has 2 aromatic rings. The lowest BCUT2D eigenvalue weighted by Crippen LogP contribution is -2.47. The molecule has 2 aliphatic heterocycles. The number of thiophene rings is 1. The summed E-state index contributed by atoms with van der Waals surface area (Å²) in [5, 5.41) is 4.34. The number of anilines is 1. The van der Waals surface area contributed by atoms with Crippen molar-refractivity contribution in [2.75, 3.05) is 50.7 Å². The Labute approximate surface area is 155 Å². The van der Waals surface area contributed by atoms with E-state index in [1.807, 2.05) is 0 Å². The average molecular weight is 354 g/mol. The Morgan fingerprint density at radius 2 is 1.60 bits per heavy atom. The first kappa shape index (κ1) is 16.7. The van der Waals surface area contributed by atoms with Gasteiger partial charge in [0.2, 0.25) is 0 Å². The third-order valence-electron chi connectivity index (χ3n) is 5.42. The van der Waals surface area contributed by atoms with E-state index in [1.54, 1.807) is 11.3 Å². The van der Waals surface area contributed by atoms with Crippen LogP contribution in [0.5, 0.6) is 0 Å². The standard InChI is InChI=1S/C21H27N3S/c1-18(16-22-9-2-3-10-22)23-11-13-24(14-12-23)21-6-4-19(5-7-21)20-8-15-25-17-20/h4-8,15,17H,1-3,9-14,16H2. The summed E-state index contributed by atoms with van der Waals surface area (Å²) >= 11 is 1.75. The van der Waals surface area contributed by atoms with Crippen molar-refractivity contribution in [3.05, 3.63) is 53.4 Å². The third kappa shape index (κ3) is 3.91. The first-order valence-electron chi connectivity index (χ1n) is 9.32. The summed E-state index contributed by atoms with van der Waals surface area (Å²) in [4.78, 5) is 7.52. The Balaban J connectivity index is 1.31. The van der Waals surface area contributed by atoms with Crippen LogP contribution in [0.2, 0.25) is 0 Å². The Bertz CT molecular complexity index is 678. The molecule has 1 aromatic carbocycles. The molecule has 0 amide bonds. The van der Waals surface area contributed by atoms with Gasteiger partial charge in [-0.05, 0) is 66.0 Å². The zero-order valence-corrected chi connectivity index (χ0v) is 15.7. The maximum absolute atomic E-state index is 4.35. The minimum Gasteiger partial charge on any atom is -0.371 e. The van der Waals surface area contributed by atoms with E-state index in [-0.39, 0.29) is 0 Å². The van der Waals surface area contributed by atoms with Crippen LogP contribution in [0.4, 0.5) is 5.69 Å². The second-order valence-corrected chi connectivity index (χ2v) is 7.86. The van der Waals surface area contributed by atoms with Crippen LogP contribution in [0.25, 0.3) is 11.1 Å². The molecule has 0 atom stereocenters. The van der Waals surface area contributed by atoms with Crippen LogP contribution in [-0.4, -0.2) is 55.6 Å². The molecule has 0 unspecified atom stereocenters. The SMILES string of the molecule is C=C(CN1CCCC1)N1CCN(c2ccc(-c3ccsc3)cc2)CC1. The number of likely N-dealkylation sites (tertiary alicyclic amines) is 1. The van der Waals surface area contributed by atoms with Gasteiger partial charge in [-0.15, -0.1) is 0 Å². The Hall–Kier alpha value is -1.78. The molecule has 0 saturated carbocycles. The molecule has 3 heterocycles. The van der Waals surface area contributed by atoms with Crippen LogP contribution < -0.4 is 4.90 Å². The van der Waals surface area contributed by atoms with E-state index in [4.69, 9.17) is 0 Å². The molecular formula is C21H27N3S. The van der Waals surface area contributed by atoms with Crippen LogP contribution in [0, 0.1) is 0 Å². The fraction of sp³-hybridized carbons (Fsp3) is 0.429. The number of benzene rings is 1. The topological polar surface area (TPSA) is 9.72 Å². The second kappa shape index (κ2) is 7.63. The van der Waals surface area contributed by atoms with Gasteiger partial charge in [-0.3, -0.25) is 4.90 Å². The van der Waals surface area contributed by atoms with Crippen LogP contribution in [0.1, 0.15) is 12.8 Å². The molecule has 25 heavy (non-hydrogen) atoms. The number of rotatable bonds is 5. The van der Waals surface area contributed by atoms with Crippen molar-refractivity contribution in [2.45, 2.75) is 12.8 Å². The van der Waals surface area contributed by atoms with Gasteiger partial charge in [-0.2, -0.15) is 11.3 Å². The van der Waals surface area contributed by atoms with E-state index < -0.39 is 0 Å². The first-order valence-corrected chi connectivity index (χ1v) is 10.3. The van der Waals surface area contributed by atoms with Crippen LogP contribution >= 0.6 is 11.3 Å². The molecule has 0 bridgehead atoms. The molecule has 4 rings (SSSR count). The van der Waals surface area contributed by atoms with Crippen LogP contribution in [-0.2, 0) is 0 Å². The molecule has 0 radical (unpaired) electrons. The first-order chi connectivity index (χ1) is 12.3. The minimum atomic E-state index is 1.05. The van der Waals surface area contributed by atoms with Crippen molar-refractivity contribution < 1.29 is 0 Å².